The molecule has 3 N–H and O–H groups in total. The highest BCUT2D eigenvalue weighted by molar-refractivity contribution is 5.82. The Morgan fingerprint density at radius 1 is 1.67 bits per heavy atom. The maximum absolute atomic E-state index is 11.4. The zero-order valence-corrected chi connectivity index (χ0v) is 7.89. The fourth-order valence-corrected chi connectivity index (χ4v) is 1.14. The van der Waals surface area contributed by atoms with Gasteiger partial charge in [0.1, 0.15) is 0 Å². The average Bonchev–Trinajstić information content (AvgIpc) is 2.68. The third-order valence-electron chi connectivity index (χ3n) is 2.36. The van der Waals surface area contributed by atoms with E-state index in [-0.39, 0.29) is 17.5 Å². The van der Waals surface area contributed by atoms with Crippen molar-refractivity contribution >= 4 is 5.91 Å². The van der Waals surface area contributed by atoms with Crippen LogP contribution in [-0.4, -0.2) is 17.5 Å². The minimum atomic E-state index is -0.313. The SMILES string of the molecule is CCC[C@@H](N)C(=O)NC1(C)CC1. The molecule has 0 bridgehead atoms. The van der Waals surface area contributed by atoms with E-state index in [1.165, 1.54) is 0 Å². The number of carbonyl (C=O) groups excluding carboxylic acids is 1. The van der Waals surface area contributed by atoms with E-state index in [2.05, 4.69) is 12.2 Å². The van der Waals surface area contributed by atoms with Crippen molar-refractivity contribution in [2.24, 2.45) is 5.73 Å². The second-order valence-corrected chi connectivity index (χ2v) is 3.95. The smallest absolute Gasteiger partial charge is 0.237 e. The van der Waals surface area contributed by atoms with Crippen LogP contribution in [0.5, 0.6) is 0 Å². The van der Waals surface area contributed by atoms with Gasteiger partial charge >= 0.3 is 0 Å². The van der Waals surface area contributed by atoms with Crippen molar-refractivity contribution in [1.29, 1.82) is 0 Å². The summed E-state index contributed by atoms with van der Waals surface area (Å²) in [5.74, 6) is 0.0110. The van der Waals surface area contributed by atoms with E-state index in [9.17, 15) is 4.79 Å². The Labute approximate surface area is 73.7 Å². The molecule has 0 aliphatic heterocycles. The van der Waals surface area contributed by atoms with Gasteiger partial charge in [0.25, 0.3) is 0 Å². The van der Waals surface area contributed by atoms with Crippen LogP contribution < -0.4 is 11.1 Å². The van der Waals surface area contributed by atoms with Gasteiger partial charge in [0.2, 0.25) is 5.91 Å². The number of nitrogens with two attached hydrogens (primary N) is 1. The Hall–Kier alpha value is -0.570. The topological polar surface area (TPSA) is 55.1 Å². The van der Waals surface area contributed by atoms with E-state index in [0.717, 1.165) is 25.7 Å². The Bertz CT molecular complexity index is 175. The van der Waals surface area contributed by atoms with Gasteiger partial charge in [-0.1, -0.05) is 13.3 Å². The molecule has 1 fully saturated rings. The maximum Gasteiger partial charge on any atom is 0.237 e. The summed E-state index contributed by atoms with van der Waals surface area (Å²) in [6.07, 6.45) is 3.93. The summed E-state index contributed by atoms with van der Waals surface area (Å²) in [5, 5.41) is 2.95. The monoisotopic (exact) mass is 170 g/mol. The van der Waals surface area contributed by atoms with Crippen LogP contribution in [-0.2, 0) is 4.79 Å². The van der Waals surface area contributed by atoms with Gasteiger partial charge in [0.05, 0.1) is 6.04 Å². The molecule has 0 heterocycles. The minimum absolute atomic E-state index is 0.0110. The van der Waals surface area contributed by atoms with E-state index >= 15 is 0 Å². The number of carbonyl (C=O) groups is 1. The van der Waals surface area contributed by atoms with E-state index in [4.69, 9.17) is 5.73 Å². The molecule has 0 radical (unpaired) electrons. The number of nitrogens with one attached hydrogen (secondary N) is 1. The molecule has 1 saturated carbocycles. The molecular formula is C9H18N2O. The highest BCUT2D eigenvalue weighted by atomic mass is 16.2. The lowest BCUT2D eigenvalue weighted by atomic mass is 10.1. The largest absolute Gasteiger partial charge is 0.350 e. The van der Waals surface area contributed by atoms with Crippen LogP contribution in [0.4, 0.5) is 0 Å². The lowest BCUT2D eigenvalue weighted by molar-refractivity contribution is -0.123. The van der Waals surface area contributed by atoms with Crippen molar-refractivity contribution in [2.75, 3.05) is 0 Å². The highest BCUT2D eigenvalue weighted by Gasteiger charge is 2.39. The minimum Gasteiger partial charge on any atom is -0.350 e. The first-order valence-corrected chi connectivity index (χ1v) is 4.65. The van der Waals surface area contributed by atoms with Crippen molar-refractivity contribution in [1.82, 2.24) is 5.32 Å². The first-order valence-electron chi connectivity index (χ1n) is 4.65. The molecule has 70 valence electrons. The summed E-state index contributed by atoms with van der Waals surface area (Å²) in [5.41, 5.74) is 5.72. The van der Waals surface area contributed by atoms with Crippen molar-refractivity contribution in [3.05, 3.63) is 0 Å². The number of hydrogen-bond acceptors (Lipinski definition) is 2. The third kappa shape index (κ3) is 2.48. The van der Waals surface area contributed by atoms with Crippen LogP contribution >= 0.6 is 0 Å². The quantitative estimate of drug-likeness (QED) is 0.655. The summed E-state index contributed by atoms with van der Waals surface area (Å²) < 4.78 is 0. The van der Waals surface area contributed by atoms with Crippen LogP contribution in [0.25, 0.3) is 0 Å². The van der Waals surface area contributed by atoms with Gasteiger partial charge in [-0.15, -0.1) is 0 Å². The standard InChI is InChI=1S/C9H18N2O/c1-3-4-7(10)8(12)11-9(2)5-6-9/h7H,3-6,10H2,1-2H3,(H,11,12)/t7-/m1/s1. The van der Waals surface area contributed by atoms with Gasteiger partial charge in [-0.2, -0.15) is 0 Å². The van der Waals surface area contributed by atoms with Gasteiger partial charge in [0, 0.05) is 5.54 Å². The predicted octanol–water partition coefficient (Wildman–Crippen LogP) is 0.782. The highest BCUT2D eigenvalue weighted by Crippen LogP contribution is 2.34. The van der Waals surface area contributed by atoms with Crippen molar-refractivity contribution in [3.63, 3.8) is 0 Å². The first-order chi connectivity index (χ1) is 5.57. The molecule has 3 nitrogen and oxygen atoms in total. The number of rotatable bonds is 4. The number of amides is 1. The van der Waals surface area contributed by atoms with Crippen molar-refractivity contribution in [2.45, 2.75) is 51.1 Å². The van der Waals surface area contributed by atoms with Crippen LogP contribution in [0.3, 0.4) is 0 Å². The molecule has 0 saturated heterocycles. The van der Waals surface area contributed by atoms with E-state index in [1.54, 1.807) is 0 Å². The van der Waals surface area contributed by atoms with Gasteiger partial charge in [0.15, 0.2) is 0 Å². The number of hydrogen-bond donors (Lipinski definition) is 2. The molecule has 1 amide bonds. The van der Waals surface area contributed by atoms with Crippen LogP contribution in [0, 0.1) is 0 Å². The molecule has 1 rings (SSSR count). The van der Waals surface area contributed by atoms with E-state index < -0.39 is 0 Å². The molecule has 12 heavy (non-hydrogen) atoms. The lowest BCUT2D eigenvalue weighted by Crippen LogP contribution is -2.45. The maximum atomic E-state index is 11.4. The normalized spacial score (nSPS) is 21.6. The van der Waals surface area contributed by atoms with Crippen molar-refractivity contribution in [3.8, 4) is 0 Å². The fraction of sp³-hybridized carbons (Fsp3) is 0.889. The summed E-state index contributed by atoms with van der Waals surface area (Å²) >= 11 is 0. The zero-order valence-electron chi connectivity index (χ0n) is 7.89. The molecule has 1 aliphatic rings. The molecule has 0 aromatic rings. The second kappa shape index (κ2) is 3.44. The van der Waals surface area contributed by atoms with Crippen LogP contribution in [0.2, 0.25) is 0 Å². The van der Waals surface area contributed by atoms with Crippen LogP contribution in [0.1, 0.15) is 39.5 Å². The molecule has 1 atom stereocenters. The predicted molar refractivity (Wildman–Crippen MR) is 48.7 cm³/mol. The average molecular weight is 170 g/mol. The molecule has 0 spiro atoms. The summed E-state index contributed by atoms with van der Waals surface area (Å²) in [4.78, 5) is 11.4. The summed E-state index contributed by atoms with van der Waals surface area (Å²) in [7, 11) is 0. The molecular weight excluding hydrogens is 152 g/mol. The van der Waals surface area contributed by atoms with Crippen LogP contribution in [0.15, 0.2) is 0 Å². The second-order valence-electron chi connectivity index (χ2n) is 3.95. The molecule has 1 aliphatic carbocycles. The van der Waals surface area contributed by atoms with E-state index in [1.807, 2.05) is 6.92 Å². The molecule has 3 heteroatoms. The zero-order chi connectivity index (χ0) is 9.19. The summed E-state index contributed by atoms with van der Waals surface area (Å²) in [6.45, 7) is 4.09. The fourth-order valence-electron chi connectivity index (χ4n) is 1.14. The lowest BCUT2D eigenvalue weighted by Gasteiger charge is -2.15. The summed E-state index contributed by atoms with van der Waals surface area (Å²) in [6, 6.07) is -0.313. The molecule has 0 unspecified atom stereocenters. The molecule has 0 aromatic carbocycles. The van der Waals surface area contributed by atoms with Gasteiger partial charge in [-0.25, -0.2) is 0 Å². The Kier molecular flexibility index (Phi) is 2.73. The van der Waals surface area contributed by atoms with Crippen molar-refractivity contribution < 1.29 is 4.79 Å². The Balaban J connectivity index is 2.27. The van der Waals surface area contributed by atoms with E-state index in [0.29, 0.717) is 0 Å². The molecule has 0 aromatic heterocycles. The first kappa shape index (κ1) is 9.52. The van der Waals surface area contributed by atoms with Gasteiger partial charge in [-0.3, -0.25) is 4.79 Å². The van der Waals surface area contributed by atoms with Gasteiger partial charge in [-0.05, 0) is 26.2 Å². The Morgan fingerprint density at radius 2 is 2.25 bits per heavy atom. The third-order valence-corrected chi connectivity index (χ3v) is 2.36. The Morgan fingerprint density at radius 3 is 2.67 bits per heavy atom. The van der Waals surface area contributed by atoms with Gasteiger partial charge < -0.3 is 11.1 Å².